The van der Waals surface area contributed by atoms with Crippen molar-refractivity contribution in [1.82, 2.24) is 4.90 Å². The highest BCUT2D eigenvalue weighted by atomic mass is 35.5. The molecule has 0 aliphatic carbocycles. The van der Waals surface area contributed by atoms with E-state index >= 15 is 0 Å². The van der Waals surface area contributed by atoms with Gasteiger partial charge in [-0.05, 0) is 49.9 Å². The molecule has 0 saturated carbocycles. The summed E-state index contributed by atoms with van der Waals surface area (Å²) in [7, 11) is 0. The van der Waals surface area contributed by atoms with Crippen LogP contribution in [0.4, 0.5) is 4.39 Å². The average Bonchev–Trinajstić information content (AvgIpc) is 2.42. The summed E-state index contributed by atoms with van der Waals surface area (Å²) in [5, 5.41) is -0.0126. The molecule has 1 aliphatic rings. The molecule has 5 heteroatoms. The molecule has 2 rings (SSSR count). The van der Waals surface area contributed by atoms with E-state index in [0.29, 0.717) is 18.0 Å². The summed E-state index contributed by atoms with van der Waals surface area (Å²) in [4.78, 5) is 14.1. The van der Waals surface area contributed by atoms with Crippen LogP contribution in [0.25, 0.3) is 0 Å². The lowest BCUT2D eigenvalue weighted by Gasteiger charge is -2.32. The zero-order valence-electron chi connectivity index (χ0n) is 10.7. The number of carbonyl (C=O) groups is 1. The standard InChI is InChI=1S/C14H18ClFN2O/c15-12-8-11(3-4-13(12)16)14(19)18-7-1-2-10(9-18)5-6-17/h3-4,8,10H,1-2,5-7,9,17H2. The Kier molecular flexibility index (Phi) is 4.77. The minimum atomic E-state index is -0.502. The van der Waals surface area contributed by atoms with Crippen molar-refractivity contribution in [2.45, 2.75) is 19.3 Å². The number of halogens is 2. The van der Waals surface area contributed by atoms with Gasteiger partial charge in [0, 0.05) is 18.7 Å². The van der Waals surface area contributed by atoms with Gasteiger partial charge in [-0.1, -0.05) is 11.6 Å². The molecular formula is C14H18ClFN2O. The zero-order chi connectivity index (χ0) is 13.8. The van der Waals surface area contributed by atoms with E-state index in [2.05, 4.69) is 0 Å². The zero-order valence-corrected chi connectivity index (χ0v) is 11.5. The molecule has 0 bridgehead atoms. The monoisotopic (exact) mass is 284 g/mol. The molecule has 19 heavy (non-hydrogen) atoms. The molecule has 1 aromatic rings. The normalized spacial score (nSPS) is 19.5. The number of piperidine rings is 1. The third kappa shape index (κ3) is 3.45. The van der Waals surface area contributed by atoms with Crippen LogP contribution >= 0.6 is 11.6 Å². The van der Waals surface area contributed by atoms with Crippen molar-refractivity contribution in [1.29, 1.82) is 0 Å². The number of benzene rings is 1. The first-order valence-corrected chi connectivity index (χ1v) is 6.94. The van der Waals surface area contributed by atoms with Gasteiger partial charge < -0.3 is 10.6 Å². The van der Waals surface area contributed by atoms with E-state index in [4.69, 9.17) is 17.3 Å². The van der Waals surface area contributed by atoms with Crippen molar-refractivity contribution in [3.05, 3.63) is 34.6 Å². The first-order chi connectivity index (χ1) is 9.11. The highest BCUT2D eigenvalue weighted by Crippen LogP contribution is 2.22. The van der Waals surface area contributed by atoms with Crippen LogP contribution in [0.1, 0.15) is 29.6 Å². The molecule has 1 fully saturated rings. The number of rotatable bonds is 3. The molecule has 1 amide bonds. The van der Waals surface area contributed by atoms with Crippen LogP contribution < -0.4 is 5.73 Å². The van der Waals surface area contributed by atoms with Gasteiger partial charge in [0.1, 0.15) is 5.82 Å². The van der Waals surface area contributed by atoms with E-state index < -0.39 is 5.82 Å². The average molecular weight is 285 g/mol. The molecule has 1 atom stereocenters. The van der Waals surface area contributed by atoms with E-state index in [0.717, 1.165) is 32.4 Å². The smallest absolute Gasteiger partial charge is 0.253 e. The summed E-state index contributed by atoms with van der Waals surface area (Å²) >= 11 is 5.71. The molecule has 104 valence electrons. The molecule has 1 unspecified atom stereocenters. The molecule has 1 aliphatic heterocycles. The predicted molar refractivity (Wildman–Crippen MR) is 73.7 cm³/mol. The van der Waals surface area contributed by atoms with Crippen LogP contribution in [0.15, 0.2) is 18.2 Å². The fraction of sp³-hybridized carbons (Fsp3) is 0.500. The summed E-state index contributed by atoms with van der Waals surface area (Å²) in [5.41, 5.74) is 6.01. The molecule has 1 aromatic carbocycles. The molecular weight excluding hydrogens is 267 g/mol. The van der Waals surface area contributed by atoms with E-state index in [1.807, 2.05) is 4.90 Å². The van der Waals surface area contributed by atoms with Gasteiger partial charge in [-0.3, -0.25) is 4.79 Å². The Balaban J connectivity index is 2.08. The first-order valence-electron chi connectivity index (χ1n) is 6.56. The summed E-state index contributed by atoms with van der Waals surface area (Å²) in [6.07, 6.45) is 3.05. The Morgan fingerprint density at radius 2 is 2.32 bits per heavy atom. The van der Waals surface area contributed by atoms with Gasteiger partial charge in [-0.2, -0.15) is 0 Å². The molecule has 2 N–H and O–H groups in total. The van der Waals surface area contributed by atoms with E-state index in [1.165, 1.54) is 18.2 Å². The van der Waals surface area contributed by atoms with Gasteiger partial charge in [0.15, 0.2) is 0 Å². The fourth-order valence-electron chi connectivity index (χ4n) is 2.53. The molecule has 1 saturated heterocycles. The summed E-state index contributed by atoms with van der Waals surface area (Å²) in [5.74, 6) is -0.111. The number of amides is 1. The lowest BCUT2D eigenvalue weighted by atomic mass is 9.94. The maximum Gasteiger partial charge on any atom is 0.253 e. The minimum Gasteiger partial charge on any atom is -0.338 e. The van der Waals surface area contributed by atoms with Crippen molar-refractivity contribution in [2.75, 3.05) is 19.6 Å². The number of carbonyl (C=O) groups excluding carboxylic acids is 1. The van der Waals surface area contributed by atoms with Gasteiger partial charge in [0.25, 0.3) is 5.91 Å². The topological polar surface area (TPSA) is 46.3 Å². The van der Waals surface area contributed by atoms with E-state index in [1.54, 1.807) is 0 Å². The van der Waals surface area contributed by atoms with Crippen LogP contribution in [0, 0.1) is 11.7 Å². The van der Waals surface area contributed by atoms with Gasteiger partial charge in [0.05, 0.1) is 5.02 Å². The van der Waals surface area contributed by atoms with Crippen molar-refractivity contribution in [3.63, 3.8) is 0 Å². The molecule has 3 nitrogen and oxygen atoms in total. The Morgan fingerprint density at radius 3 is 3.00 bits per heavy atom. The van der Waals surface area contributed by atoms with Crippen LogP contribution in [0.5, 0.6) is 0 Å². The van der Waals surface area contributed by atoms with Crippen LogP contribution in [-0.2, 0) is 0 Å². The quantitative estimate of drug-likeness (QED) is 0.927. The van der Waals surface area contributed by atoms with E-state index in [-0.39, 0.29) is 10.9 Å². The number of hydrogen-bond donors (Lipinski definition) is 1. The number of nitrogens with two attached hydrogens (primary N) is 1. The highest BCUT2D eigenvalue weighted by Gasteiger charge is 2.24. The summed E-state index contributed by atoms with van der Waals surface area (Å²) in [6, 6.07) is 4.11. The Labute approximate surface area is 117 Å². The molecule has 0 aromatic heterocycles. The van der Waals surface area contributed by atoms with Crippen molar-refractivity contribution in [3.8, 4) is 0 Å². The lowest BCUT2D eigenvalue weighted by Crippen LogP contribution is -2.40. The third-order valence-electron chi connectivity index (χ3n) is 3.55. The Hall–Kier alpha value is -1.13. The second-order valence-electron chi connectivity index (χ2n) is 4.97. The number of likely N-dealkylation sites (tertiary alicyclic amines) is 1. The van der Waals surface area contributed by atoms with Gasteiger partial charge in [-0.15, -0.1) is 0 Å². The second kappa shape index (κ2) is 6.35. The number of nitrogens with zero attached hydrogens (tertiary/aromatic N) is 1. The predicted octanol–water partition coefficient (Wildman–Crippen LogP) is 2.68. The Bertz CT molecular complexity index is 465. The third-order valence-corrected chi connectivity index (χ3v) is 3.84. The van der Waals surface area contributed by atoms with Gasteiger partial charge in [0.2, 0.25) is 0 Å². The van der Waals surface area contributed by atoms with Gasteiger partial charge in [-0.25, -0.2) is 4.39 Å². The lowest BCUT2D eigenvalue weighted by molar-refractivity contribution is 0.0669. The fourth-order valence-corrected chi connectivity index (χ4v) is 2.71. The highest BCUT2D eigenvalue weighted by molar-refractivity contribution is 6.31. The van der Waals surface area contributed by atoms with E-state index in [9.17, 15) is 9.18 Å². The molecule has 1 heterocycles. The summed E-state index contributed by atoms with van der Waals surface area (Å²) in [6.45, 7) is 2.12. The van der Waals surface area contributed by atoms with Gasteiger partial charge >= 0.3 is 0 Å². The maximum atomic E-state index is 13.1. The minimum absolute atomic E-state index is 0.0126. The number of hydrogen-bond acceptors (Lipinski definition) is 2. The van der Waals surface area contributed by atoms with Crippen LogP contribution in [0.3, 0.4) is 0 Å². The molecule has 0 radical (unpaired) electrons. The largest absolute Gasteiger partial charge is 0.338 e. The van der Waals surface area contributed by atoms with Crippen molar-refractivity contribution >= 4 is 17.5 Å². The first kappa shape index (κ1) is 14.3. The van der Waals surface area contributed by atoms with Crippen molar-refractivity contribution < 1.29 is 9.18 Å². The maximum absolute atomic E-state index is 13.1. The van der Waals surface area contributed by atoms with Crippen LogP contribution in [0.2, 0.25) is 5.02 Å². The summed E-state index contributed by atoms with van der Waals surface area (Å²) < 4.78 is 13.1. The Morgan fingerprint density at radius 1 is 1.53 bits per heavy atom. The van der Waals surface area contributed by atoms with Crippen LogP contribution in [-0.4, -0.2) is 30.4 Å². The SMILES string of the molecule is NCCC1CCCN(C(=O)c2ccc(F)c(Cl)c2)C1. The molecule has 0 spiro atoms. The van der Waals surface area contributed by atoms with Crippen molar-refractivity contribution in [2.24, 2.45) is 11.7 Å². The second-order valence-corrected chi connectivity index (χ2v) is 5.37.